The van der Waals surface area contributed by atoms with Crippen molar-refractivity contribution in [1.82, 2.24) is 4.90 Å². The number of likely N-dealkylation sites (tertiary alicyclic amines) is 1. The molecule has 1 saturated heterocycles. The third-order valence-electron chi connectivity index (χ3n) is 2.56. The van der Waals surface area contributed by atoms with Gasteiger partial charge >= 0.3 is 6.09 Å². The highest BCUT2D eigenvalue weighted by molar-refractivity contribution is 5.68. The summed E-state index contributed by atoms with van der Waals surface area (Å²) in [7, 11) is 1.61. The molecule has 0 aromatic carbocycles. The smallest absolute Gasteiger partial charge is 0.410 e. The lowest BCUT2D eigenvalue weighted by Gasteiger charge is -2.36. The summed E-state index contributed by atoms with van der Waals surface area (Å²) < 4.78 is 10.5. The Morgan fingerprint density at radius 1 is 1.44 bits per heavy atom. The molecular formula is C11H22N2O3. The van der Waals surface area contributed by atoms with Crippen molar-refractivity contribution in [3.05, 3.63) is 0 Å². The lowest BCUT2D eigenvalue weighted by molar-refractivity contribution is -0.0126. The van der Waals surface area contributed by atoms with Crippen LogP contribution in [0, 0.1) is 0 Å². The van der Waals surface area contributed by atoms with Crippen LogP contribution in [0.25, 0.3) is 0 Å². The summed E-state index contributed by atoms with van der Waals surface area (Å²) in [5, 5.41) is 0. The van der Waals surface area contributed by atoms with Crippen molar-refractivity contribution in [2.24, 2.45) is 5.73 Å². The normalized spacial score (nSPS) is 26.7. The number of hydrogen-bond acceptors (Lipinski definition) is 4. The molecule has 1 rings (SSSR count). The van der Waals surface area contributed by atoms with Gasteiger partial charge in [0.05, 0.1) is 12.6 Å². The van der Waals surface area contributed by atoms with Crippen molar-refractivity contribution in [2.75, 3.05) is 20.2 Å². The summed E-state index contributed by atoms with van der Waals surface area (Å²) in [5.41, 5.74) is 5.42. The molecule has 2 N–H and O–H groups in total. The van der Waals surface area contributed by atoms with Gasteiger partial charge in [-0.25, -0.2) is 4.79 Å². The fourth-order valence-electron chi connectivity index (χ4n) is 1.68. The average Bonchev–Trinajstić information content (AvgIpc) is 2.15. The van der Waals surface area contributed by atoms with Crippen LogP contribution in [-0.2, 0) is 9.47 Å². The second-order valence-corrected chi connectivity index (χ2v) is 5.15. The predicted octanol–water partition coefficient (Wildman–Crippen LogP) is 0.970. The number of amides is 1. The first-order valence-electron chi connectivity index (χ1n) is 5.60. The van der Waals surface area contributed by atoms with Crippen LogP contribution in [0.2, 0.25) is 0 Å². The van der Waals surface area contributed by atoms with E-state index in [0.29, 0.717) is 13.1 Å². The van der Waals surface area contributed by atoms with E-state index in [1.165, 1.54) is 0 Å². The maximum absolute atomic E-state index is 11.8. The van der Waals surface area contributed by atoms with Crippen molar-refractivity contribution in [3.63, 3.8) is 0 Å². The molecule has 0 saturated carbocycles. The molecular weight excluding hydrogens is 208 g/mol. The van der Waals surface area contributed by atoms with Crippen molar-refractivity contribution in [3.8, 4) is 0 Å². The van der Waals surface area contributed by atoms with Crippen LogP contribution >= 0.6 is 0 Å². The number of carbonyl (C=O) groups is 1. The summed E-state index contributed by atoms with van der Waals surface area (Å²) in [6.45, 7) is 6.71. The fraction of sp³-hybridized carbons (Fsp3) is 0.909. The third-order valence-corrected chi connectivity index (χ3v) is 2.56. The first-order valence-corrected chi connectivity index (χ1v) is 5.60. The molecule has 0 aromatic rings. The van der Waals surface area contributed by atoms with E-state index in [1.807, 2.05) is 20.8 Å². The van der Waals surface area contributed by atoms with E-state index >= 15 is 0 Å². The number of piperidine rings is 1. The number of carbonyl (C=O) groups excluding carboxylic acids is 1. The van der Waals surface area contributed by atoms with E-state index in [-0.39, 0.29) is 18.2 Å². The van der Waals surface area contributed by atoms with E-state index < -0.39 is 5.60 Å². The molecule has 1 amide bonds. The summed E-state index contributed by atoms with van der Waals surface area (Å²) in [4.78, 5) is 13.4. The second kappa shape index (κ2) is 5.01. The second-order valence-electron chi connectivity index (χ2n) is 5.15. The van der Waals surface area contributed by atoms with E-state index in [0.717, 1.165) is 6.42 Å². The van der Waals surface area contributed by atoms with Gasteiger partial charge in [0, 0.05) is 19.7 Å². The van der Waals surface area contributed by atoms with Crippen LogP contribution in [0.5, 0.6) is 0 Å². The molecule has 5 nitrogen and oxygen atoms in total. The zero-order valence-electron chi connectivity index (χ0n) is 10.5. The van der Waals surface area contributed by atoms with Gasteiger partial charge in [0.2, 0.25) is 0 Å². The molecule has 0 radical (unpaired) electrons. The topological polar surface area (TPSA) is 64.8 Å². The Labute approximate surface area is 96.9 Å². The molecule has 1 heterocycles. The van der Waals surface area contributed by atoms with Crippen LogP contribution < -0.4 is 5.73 Å². The third kappa shape index (κ3) is 3.64. The minimum absolute atomic E-state index is 0.00341. The minimum atomic E-state index is -0.459. The first kappa shape index (κ1) is 13.3. The Bertz CT molecular complexity index is 250. The van der Waals surface area contributed by atoms with Gasteiger partial charge in [-0.2, -0.15) is 0 Å². The van der Waals surface area contributed by atoms with Crippen molar-refractivity contribution < 1.29 is 14.3 Å². The molecule has 0 spiro atoms. The first-order chi connectivity index (χ1) is 7.33. The molecule has 5 heteroatoms. The van der Waals surface area contributed by atoms with Gasteiger partial charge in [-0.3, -0.25) is 0 Å². The Kier molecular flexibility index (Phi) is 4.15. The molecule has 0 bridgehead atoms. The molecule has 0 aliphatic carbocycles. The molecule has 2 atom stereocenters. The van der Waals surface area contributed by atoms with Gasteiger partial charge in [0.15, 0.2) is 0 Å². The summed E-state index contributed by atoms with van der Waals surface area (Å²) in [5.74, 6) is 0. The zero-order chi connectivity index (χ0) is 12.3. The fourth-order valence-corrected chi connectivity index (χ4v) is 1.68. The predicted molar refractivity (Wildman–Crippen MR) is 61.2 cm³/mol. The Morgan fingerprint density at radius 3 is 2.56 bits per heavy atom. The molecule has 0 aromatic heterocycles. The maximum Gasteiger partial charge on any atom is 0.410 e. The van der Waals surface area contributed by atoms with E-state index in [1.54, 1.807) is 12.0 Å². The summed E-state index contributed by atoms with van der Waals surface area (Å²) in [6.07, 6.45) is 0.361. The van der Waals surface area contributed by atoms with Gasteiger partial charge < -0.3 is 20.1 Å². The summed E-state index contributed by atoms with van der Waals surface area (Å²) >= 11 is 0. The molecule has 1 fully saturated rings. The van der Waals surface area contributed by atoms with E-state index in [9.17, 15) is 4.79 Å². The van der Waals surface area contributed by atoms with Crippen molar-refractivity contribution >= 4 is 6.09 Å². The number of rotatable bonds is 1. The molecule has 0 unspecified atom stereocenters. The lowest BCUT2D eigenvalue weighted by atomic mass is 10.0. The van der Waals surface area contributed by atoms with Crippen molar-refractivity contribution in [1.29, 1.82) is 0 Å². The van der Waals surface area contributed by atoms with Crippen LogP contribution in [-0.4, -0.2) is 48.9 Å². The zero-order valence-corrected chi connectivity index (χ0v) is 10.5. The summed E-state index contributed by atoms with van der Waals surface area (Å²) in [6, 6.07) is 0.00341. The van der Waals surface area contributed by atoms with Gasteiger partial charge in [-0.05, 0) is 27.2 Å². The monoisotopic (exact) mass is 230 g/mol. The molecule has 1 aliphatic rings. The van der Waals surface area contributed by atoms with Crippen LogP contribution in [0.3, 0.4) is 0 Å². The number of hydrogen-bond donors (Lipinski definition) is 1. The highest BCUT2D eigenvalue weighted by Crippen LogP contribution is 2.16. The molecule has 94 valence electrons. The van der Waals surface area contributed by atoms with Gasteiger partial charge in [0.25, 0.3) is 0 Å². The SMILES string of the molecule is CO[C@@H]1CN(C(=O)OC(C)(C)C)CC[C@@H]1N. The van der Waals surface area contributed by atoms with Gasteiger partial charge in [-0.1, -0.05) is 0 Å². The van der Waals surface area contributed by atoms with Crippen LogP contribution in [0.4, 0.5) is 4.79 Å². The molecule has 16 heavy (non-hydrogen) atoms. The minimum Gasteiger partial charge on any atom is -0.444 e. The maximum atomic E-state index is 11.8. The van der Waals surface area contributed by atoms with Gasteiger partial charge in [-0.15, -0.1) is 0 Å². The highest BCUT2D eigenvalue weighted by atomic mass is 16.6. The molecule has 1 aliphatic heterocycles. The average molecular weight is 230 g/mol. The Morgan fingerprint density at radius 2 is 2.06 bits per heavy atom. The Hall–Kier alpha value is -0.810. The largest absolute Gasteiger partial charge is 0.444 e. The standard InChI is InChI=1S/C11H22N2O3/c1-11(2,3)16-10(14)13-6-5-8(12)9(7-13)15-4/h8-9H,5-7,12H2,1-4H3/t8-,9+/m0/s1. The van der Waals surface area contributed by atoms with Crippen LogP contribution in [0.1, 0.15) is 27.2 Å². The number of ether oxygens (including phenoxy) is 2. The number of nitrogens with zero attached hydrogens (tertiary/aromatic N) is 1. The lowest BCUT2D eigenvalue weighted by Crippen LogP contribution is -2.53. The Balaban J connectivity index is 2.52. The van der Waals surface area contributed by atoms with E-state index in [2.05, 4.69) is 0 Å². The van der Waals surface area contributed by atoms with Crippen LogP contribution in [0.15, 0.2) is 0 Å². The van der Waals surface area contributed by atoms with E-state index in [4.69, 9.17) is 15.2 Å². The van der Waals surface area contributed by atoms with Gasteiger partial charge in [0.1, 0.15) is 5.60 Å². The number of methoxy groups -OCH3 is 1. The highest BCUT2D eigenvalue weighted by Gasteiger charge is 2.31. The van der Waals surface area contributed by atoms with Crippen molar-refractivity contribution in [2.45, 2.75) is 44.9 Å². The quantitative estimate of drug-likeness (QED) is 0.729. The number of nitrogens with two attached hydrogens (primary N) is 1.